The molecule has 0 atom stereocenters. The van der Waals surface area contributed by atoms with E-state index in [9.17, 15) is 18.0 Å². The van der Waals surface area contributed by atoms with Crippen LogP contribution >= 0.6 is 0 Å². The summed E-state index contributed by atoms with van der Waals surface area (Å²) >= 11 is 0. The molecule has 0 unspecified atom stereocenters. The van der Waals surface area contributed by atoms with E-state index >= 15 is 0 Å². The van der Waals surface area contributed by atoms with Gasteiger partial charge in [-0.2, -0.15) is 13.2 Å². The molecule has 104 valence electrons. The van der Waals surface area contributed by atoms with E-state index in [0.29, 0.717) is 12.5 Å². The Balaban J connectivity index is 1.52. The zero-order valence-corrected chi connectivity index (χ0v) is 10.1. The molecule has 19 heavy (non-hydrogen) atoms. The third-order valence-electron chi connectivity index (χ3n) is 3.90. The highest BCUT2D eigenvalue weighted by atomic mass is 19.4. The highest BCUT2D eigenvalue weighted by Gasteiger charge is 2.52. The van der Waals surface area contributed by atoms with E-state index in [1.54, 1.807) is 4.90 Å². The molecule has 1 amide bonds. The average Bonchev–Trinajstić information content (AvgIpc) is 2.67. The molecule has 1 saturated heterocycles. The lowest BCUT2D eigenvalue weighted by Crippen LogP contribution is -2.62. The van der Waals surface area contributed by atoms with E-state index in [1.165, 1.54) is 4.68 Å². The van der Waals surface area contributed by atoms with Gasteiger partial charge in [-0.3, -0.25) is 9.48 Å². The minimum absolute atomic E-state index is 0.221. The highest BCUT2D eigenvalue weighted by molar-refractivity contribution is 5.49. The Labute approximate surface area is 107 Å². The van der Waals surface area contributed by atoms with Crippen molar-refractivity contribution in [1.82, 2.24) is 19.7 Å². The molecule has 0 aromatic carbocycles. The van der Waals surface area contributed by atoms with E-state index in [2.05, 4.69) is 10.1 Å². The van der Waals surface area contributed by atoms with Gasteiger partial charge in [0.15, 0.2) is 0 Å². The van der Waals surface area contributed by atoms with Gasteiger partial charge in [-0.1, -0.05) is 0 Å². The molecule has 1 aliphatic carbocycles. The largest absolute Gasteiger partial charge is 0.453 e. The van der Waals surface area contributed by atoms with E-state index in [-0.39, 0.29) is 5.41 Å². The number of nitrogens with zero attached hydrogens (tertiary/aromatic N) is 4. The first kappa shape index (κ1) is 12.4. The van der Waals surface area contributed by atoms with Crippen LogP contribution < -0.4 is 0 Å². The lowest BCUT2D eigenvalue weighted by molar-refractivity contribution is -0.145. The number of likely N-dealkylation sites (tertiary alicyclic amines) is 1. The molecule has 2 heterocycles. The SMILES string of the molecule is O=CN1CC2(CC(Cn3cnc(C(F)(F)F)n3)C2)C1. The lowest BCUT2D eigenvalue weighted by Gasteiger charge is -2.58. The number of carbonyl (C=O) groups is 1. The fraction of sp³-hybridized carbons (Fsp3) is 0.727. The second-order valence-corrected chi connectivity index (χ2v) is 5.57. The maximum atomic E-state index is 12.3. The van der Waals surface area contributed by atoms with Crippen molar-refractivity contribution in [3.05, 3.63) is 12.2 Å². The molecule has 0 N–H and O–H groups in total. The summed E-state index contributed by atoms with van der Waals surface area (Å²) in [6, 6.07) is 0. The summed E-state index contributed by atoms with van der Waals surface area (Å²) in [6.07, 6.45) is -0.625. The van der Waals surface area contributed by atoms with E-state index < -0.39 is 12.0 Å². The van der Waals surface area contributed by atoms with Gasteiger partial charge in [0.05, 0.1) is 0 Å². The van der Waals surface area contributed by atoms with Crippen molar-refractivity contribution < 1.29 is 18.0 Å². The van der Waals surface area contributed by atoms with Crippen molar-refractivity contribution in [2.24, 2.45) is 11.3 Å². The standard InChI is InChI=1S/C11H13F3N4O/c12-11(13,14)9-15-6-18(16-9)3-8-1-10(2-8)4-17(5-10)7-19/h6-8H,1-5H2. The molecule has 3 rings (SSSR count). The van der Waals surface area contributed by atoms with Gasteiger partial charge in [0.2, 0.25) is 6.41 Å². The van der Waals surface area contributed by atoms with Crippen molar-refractivity contribution >= 4 is 6.41 Å². The average molecular weight is 274 g/mol. The Hall–Kier alpha value is -1.60. The predicted molar refractivity (Wildman–Crippen MR) is 57.8 cm³/mol. The second-order valence-electron chi connectivity index (χ2n) is 5.57. The lowest BCUT2D eigenvalue weighted by atomic mass is 9.58. The van der Waals surface area contributed by atoms with Gasteiger partial charge in [-0.15, -0.1) is 5.10 Å². The van der Waals surface area contributed by atoms with Crippen LogP contribution in [0.5, 0.6) is 0 Å². The fourth-order valence-electron chi connectivity index (χ4n) is 3.22. The number of hydrogen-bond acceptors (Lipinski definition) is 3. The molecule has 1 spiro atoms. The van der Waals surface area contributed by atoms with Crippen LogP contribution in [0.25, 0.3) is 0 Å². The van der Waals surface area contributed by atoms with Crippen LogP contribution in [0.15, 0.2) is 6.33 Å². The van der Waals surface area contributed by atoms with Crippen molar-refractivity contribution in [3.63, 3.8) is 0 Å². The van der Waals surface area contributed by atoms with Gasteiger partial charge in [-0.25, -0.2) is 4.98 Å². The van der Waals surface area contributed by atoms with Crippen LogP contribution in [0.3, 0.4) is 0 Å². The number of rotatable bonds is 3. The summed E-state index contributed by atoms with van der Waals surface area (Å²) in [4.78, 5) is 15.5. The third-order valence-corrected chi connectivity index (χ3v) is 3.90. The van der Waals surface area contributed by atoms with E-state index in [1.807, 2.05) is 0 Å². The maximum absolute atomic E-state index is 12.3. The topological polar surface area (TPSA) is 51.0 Å². The Bertz CT molecular complexity index is 484. The number of alkyl halides is 3. The summed E-state index contributed by atoms with van der Waals surface area (Å²) in [5.41, 5.74) is 0.221. The van der Waals surface area contributed by atoms with Gasteiger partial charge in [-0.05, 0) is 18.8 Å². The van der Waals surface area contributed by atoms with Gasteiger partial charge in [0, 0.05) is 25.0 Å². The monoisotopic (exact) mass is 274 g/mol. The highest BCUT2D eigenvalue weighted by Crippen LogP contribution is 2.51. The van der Waals surface area contributed by atoms with E-state index in [4.69, 9.17) is 0 Å². The molecule has 0 bridgehead atoms. The molecular formula is C11H13F3N4O. The number of aromatic nitrogens is 3. The van der Waals surface area contributed by atoms with Crippen molar-refractivity contribution in [3.8, 4) is 0 Å². The van der Waals surface area contributed by atoms with Gasteiger partial charge < -0.3 is 4.90 Å². The minimum Gasteiger partial charge on any atom is -0.344 e. The van der Waals surface area contributed by atoms with Gasteiger partial charge in [0.1, 0.15) is 6.33 Å². The number of carbonyl (C=O) groups excluding carboxylic acids is 1. The normalized spacial score (nSPS) is 22.2. The smallest absolute Gasteiger partial charge is 0.344 e. The number of amides is 1. The molecule has 1 aromatic rings. The summed E-state index contributed by atoms with van der Waals surface area (Å²) in [5.74, 6) is -0.756. The summed E-state index contributed by atoms with van der Waals surface area (Å²) < 4.78 is 38.2. The predicted octanol–water partition coefficient (Wildman–Crippen LogP) is 1.17. The van der Waals surface area contributed by atoms with Gasteiger partial charge in [0.25, 0.3) is 5.82 Å². The Morgan fingerprint density at radius 3 is 2.63 bits per heavy atom. The van der Waals surface area contributed by atoms with Crippen LogP contribution in [0.1, 0.15) is 18.7 Å². The molecule has 1 aliphatic heterocycles. The quantitative estimate of drug-likeness (QED) is 0.777. The van der Waals surface area contributed by atoms with Crippen molar-refractivity contribution in [1.29, 1.82) is 0 Å². The molecule has 0 radical (unpaired) electrons. The van der Waals surface area contributed by atoms with Crippen molar-refractivity contribution in [2.75, 3.05) is 13.1 Å². The Morgan fingerprint density at radius 2 is 2.11 bits per heavy atom. The first-order chi connectivity index (χ1) is 8.90. The Kier molecular flexibility index (Phi) is 2.58. The molecule has 5 nitrogen and oxygen atoms in total. The summed E-state index contributed by atoms with van der Waals surface area (Å²) in [7, 11) is 0. The van der Waals surface area contributed by atoms with Crippen LogP contribution in [0.2, 0.25) is 0 Å². The maximum Gasteiger partial charge on any atom is 0.453 e. The van der Waals surface area contributed by atoms with E-state index in [0.717, 1.165) is 38.7 Å². The molecule has 1 saturated carbocycles. The van der Waals surface area contributed by atoms with Crippen LogP contribution in [0.4, 0.5) is 13.2 Å². The second kappa shape index (κ2) is 3.94. The Morgan fingerprint density at radius 1 is 1.42 bits per heavy atom. The van der Waals surface area contributed by atoms with Crippen LogP contribution in [0, 0.1) is 11.3 Å². The van der Waals surface area contributed by atoms with Crippen molar-refractivity contribution in [2.45, 2.75) is 25.6 Å². The number of halogens is 3. The molecule has 2 fully saturated rings. The third kappa shape index (κ3) is 2.19. The van der Waals surface area contributed by atoms with Crippen LogP contribution in [-0.4, -0.2) is 39.2 Å². The molecule has 8 heteroatoms. The molecular weight excluding hydrogens is 261 g/mol. The molecule has 1 aromatic heterocycles. The summed E-state index contributed by atoms with van der Waals surface area (Å²) in [5, 5.41) is 3.44. The fourth-order valence-corrected chi connectivity index (χ4v) is 3.22. The zero-order chi connectivity index (χ0) is 13.7. The minimum atomic E-state index is -4.48. The number of hydrogen-bond donors (Lipinski definition) is 0. The first-order valence-corrected chi connectivity index (χ1v) is 6.06. The first-order valence-electron chi connectivity index (χ1n) is 6.06. The molecule has 2 aliphatic rings. The van der Waals surface area contributed by atoms with Gasteiger partial charge >= 0.3 is 6.18 Å². The van der Waals surface area contributed by atoms with Crippen LogP contribution in [-0.2, 0) is 17.5 Å². The summed E-state index contributed by atoms with van der Waals surface area (Å²) in [6.45, 7) is 2.02. The zero-order valence-electron chi connectivity index (χ0n) is 10.1.